The van der Waals surface area contributed by atoms with Crippen LogP contribution in [0.25, 0.3) is 0 Å². The summed E-state index contributed by atoms with van der Waals surface area (Å²) in [6.07, 6.45) is 2.67. The number of aromatic nitrogens is 2. The number of aryl methyl sites for hydroxylation is 1. The van der Waals surface area contributed by atoms with Gasteiger partial charge in [0.25, 0.3) is 0 Å². The number of rotatable bonds is 4. The fourth-order valence-corrected chi connectivity index (χ4v) is 1.01. The molecule has 4 nitrogen and oxygen atoms in total. The molecule has 0 amide bonds. The smallest absolute Gasteiger partial charge is 0.140 e. The van der Waals surface area contributed by atoms with Crippen LogP contribution in [0.2, 0.25) is 0 Å². The van der Waals surface area contributed by atoms with Crippen LogP contribution in [0, 0.1) is 0 Å². The molecule has 1 rings (SSSR count). The molecule has 0 aliphatic heterocycles. The third-order valence-corrected chi connectivity index (χ3v) is 1.57. The van der Waals surface area contributed by atoms with Gasteiger partial charge in [-0.25, -0.2) is 0 Å². The fraction of sp³-hybridized carbons (Fsp3) is 0.500. The van der Waals surface area contributed by atoms with Crippen LogP contribution in [0.5, 0.6) is 0 Å². The first kappa shape index (κ1) is 8.93. The molecule has 4 heteroatoms. The van der Waals surface area contributed by atoms with Gasteiger partial charge in [-0.15, -0.1) is 0 Å². The molecule has 0 unspecified atom stereocenters. The summed E-state index contributed by atoms with van der Waals surface area (Å²) in [6.45, 7) is 0.422. The second kappa shape index (κ2) is 4.01. The Labute approximate surface area is 71.4 Å². The molecule has 0 aliphatic carbocycles. The van der Waals surface area contributed by atoms with Crippen molar-refractivity contribution in [1.29, 1.82) is 0 Å². The van der Waals surface area contributed by atoms with Gasteiger partial charge in [0, 0.05) is 19.7 Å². The molecule has 1 aromatic heterocycles. The number of carbonyl (C=O) groups is 1. The lowest BCUT2D eigenvalue weighted by molar-refractivity contribution is -0.118. The van der Waals surface area contributed by atoms with Crippen LogP contribution in [-0.2, 0) is 18.3 Å². The van der Waals surface area contributed by atoms with Gasteiger partial charge in [0.15, 0.2) is 0 Å². The molecule has 0 aliphatic rings. The highest BCUT2D eigenvalue weighted by Gasteiger charge is 2.03. The first-order valence-corrected chi connectivity index (χ1v) is 3.92. The predicted octanol–water partition coefficient (Wildman–Crippen LogP) is -0.120. The second-order valence-corrected chi connectivity index (χ2v) is 2.73. The Bertz CT molecular complexity index is 267. The van der Waals surface area contributed by atoms with E-state index in [-0.39, 0.29) is 5.78 Å². The number of hydrogen-bond donors (Lipinski definition) is 1. The standard InChI is InChI=1S/C8H13N3O/c1-11-5-3-7(10-11)6-8(12)2-4-9/h3,5H,2,4,6,9H2,1H3. The number of Topliss-reactive ketones (excluding diaryl/α,β-unsaturated/α-hetero) is 1. The van der Waals surface area contributed by atoms with E-state index >= 15 is 0 Å². The van der Waals surface area contributed by atoms with Gasteiger partial charge in [0.05, 0.1) is 12.1 Å². The molecule has 0 atom stereocenters. The summed E-state index contributed by atoms with van der Waals surface area (Å²) in [5.74, 6) is 0.149. The van der Waals surface area contributed by atoms with E-state index in [9.17, 15) is 4.79 Å². The molecule has 0 bridgehead atoms. The zero-order chi connectivity index (χ0) is 8.97. The summed E-state index contributed by atoms with van der Waals surface area (Å²) in [6, 6.07) is 1.84. The maximum atomic E-state index is 11.1. The lowest BCUT2D eigenvalue weighted by Crippen LogP contribution is -2.10. The van der Waals surface area contributed by atoms with E-state index in [1.165, 1.54) is 0 Å². The molecule has 12 heavy (non-hydrogen) atoms. The number of ketones is 1. The average Bonchev–Trinajstić information content (AvgIpc) is 2.36. The van der Waals surface area contributed by atoms with Gasteiger partial charge in [-0.2, -0.15) is 5.10 Å². The molecule has 0 saturated carbocycles. The molecule has 0 aromatic carbocycles. The molecule has 1 heterocycles. The highest BCUT2D eigenvalue weighted by molar-refractivity contribution is 5.80. The maximum Gasteiger partial charge on any atom is 0.140 e. The fourth-order valence-electron chi connectivity index (χ4n) is 1.01. The van der Waals surface area contributed by atoms with E-state index < -0.39 is 0 Å². The van der Waals surface area contributed by atoms with Crippen molar-refractivity contribution in [2.24, 2.45) is 12.8 Å². The predicted molar refractivity (Wildman–Crippen MR) is 45.6 cm³/mol. The van der Waals surface area contributed by atoms with Crippen LogP contribution in [-0.4, -0.2) is 22.1 Å². The van der Waals surface area contributed by atoms with Crippen molar-refractivity contribution in [1.82, 2.24) is 9.78 Å². The maximum absolute atomic E-state index is 11.1. The lowest BCUT2D eigenvalue weighted by Gasteiger charge is -1.94. The van der Waals surface area contributed by atoms with Crippen molar-refractivity contribution in [3.8, 4) is 0 Å². The third-order valence-electron chi connectivity index (χ3n) is 1.57. The van der Waals surface area contributed by atoms with Crippen molar-refractivity contribution < 1.29 is 4.79 Å². The van der Waals surface area contributed by atoms with E-state index in [1.54, 1.807) is 4.68 Å². The molecule has 0 saturated heterocycles. The Morgan fingerprint density at radius 3 is 3.00 bits per heavy atom. The minimum absolute atomic E-state index is 0.149. The molecule has 1 aromatic rings. The second-order valence-electron chi connectivity index (χ2n) is 2.73. The molecule has 0 radical (unpaired) electrons. The summed E-state index contributed by atoms with van der Waals surface area (Å²) >= 11 is 0. The number of nitrogens with zero attached hydrogens (tertiary/aromatic N) is 2. The van der Waals surface area contributed by atoms with Gasteiger partial charge < -0.3 is 5.73 Å². The van der Waals surface area contributed by atoms with Gasteiger partial charge >= 0.3 is 0 Å². The monoisotopic (exact) mass is 167 g/mol. The van der Waals surface area contributed by atoms with Crippen LogP contribution < -0.4 is 5.73 Å². The lowest BCUT2D eigenvalue weighted by atomic mass is 10.2. The van der Waals surface area contributed by atoms with E-state index in [0.29, 0.717) is 19.4 Å². The Kier molecular flexibility index (Phi) is 2.99. The van der Waals surface area contributed by atoms with Gasteiger partial charge in [0.2, 0.25) is 0 Å². The largest absolute Gasteiger partial charge is 0.330 e. The zero-order valence-corrected chi connectivity index (χ0v) is 7.16. The van der Waals surface area contributed by atoms with Crippen LogP contribution in [0.15, 0.2) is 12.3 Å². The van der Waals surface area contributed by atoms with Crippen molar-refractivity contribution >= 4 is 5.78 Å². The highest BCUT2D eigenvalue weighted by atomic mass is 16.1. The molecular formula is C8H13N3O. The van der Waals surface area contributed by atoms with Gasteiger partial charge in [-0.1, -0.05) is 0 Å². The van der Waals surface area contributed by atoms with Gasteiger partial charge in [-0.3, -0.25) is 9.48 Å². The molecule has 66 valence electrons. The number of hydrogen-bond acceptors (Lipinski definition) is 3. The van der Waals surface area contributed by atoms with E-state index in [2.05, 4.69) is 5.10 Å². The van der Waals surface area contributed by atoms with Crippen molar-refractivity contribution in [3.63, 3.8) is 0 Å². The van der Waals surface area contributed by atoms with Crippen molar-refractivity contribution in [3.05, 3.63) is 18.0 Å². The molecular weight excluding hydrogens is 154 g/mol. The molecule has 2 N–H and O–H groups in total. The Morgan fingerprint density at radius 2 is 2.50 bits per heavy atom. The minimum atomic E-state index is 0.149. The van der Waals surface area contributed by atoms with Gasteiger partial charge in [0.1, 0.15) is 5.78 Å². The summed E-state index contributed by atoms with van der Waals surface area (Å²) < 4.78 is 1.69. The molecule has 0 spiro atoms. The Hall–Kier alpha value is -1.16. The van der Waals surface area contributed by atoms with Gasteiger partial charge in [-0.05, 0) is 12.6 Å². The topological polar surface area (TPSA) is 60.9 Å². The highest BCUT2D eigenvalue weighted by Crippen LogP contribution is 1.97. The third kappa shape index (κ3) is 2.47. The van der Waals surface area contributed by atoms with E-state index in [1.807, 2.05) is 19.3 Å². The van der Waals surface area contributed by atoms with Crippen LogP contribution in [0.4, 0.5) is 0 Å². The van der Waals surface area contributed by atoms with E-state index in [0.717, 1.165) is 5.69 Å². The first-order chi connectivity index (χ1) is 5.72. The van der Waals surface area contributed by atoms with Crippen LogP contribution >= 0.6 is 0 Å². The van der Waals surface area contributed by atoms with E-state index in [4.69, 9.17) is 5.73 Å². The Morgan fingerprint density at radius 1 is 1.75 bits per heavy atom. The van der Waals surface area contributed by atoms with Crippen molar-refractivity contribution in [2.75, 3.05) is 6.54 Å². The Balaban J connectivity index is 2.46. The van der Waals surface area contributed by atoms with Crippen molar-refractivity contribution in [2.45, 2.75) is 12.8 Å². The summed E-state index contributed by atoms with van der Waals surface area (Å²) in [7, 11) is 1.83. The summed E-state index contributed by atoms with van der Waals surface area (Å²) in [5, 5.41) is 4.09. The first-order valence-electron chi connectivity index (χ1n) is 3.92. The average molecular weight is 167 g/mol. The molecule has 0 fully saturated rings. The minimum Gasteiger partial charge on any atom is -0.330 e. The number of carbonyl (C=O) groups excluding carboxylic acids is 1. The van der Waals surface area contributed by atoms with Crippen LogP contribution in [0.1, 0.15) is 12.1 Å². The van der Waals surface area contributed by atoms with Crippen LogP contribution in [0.3, 0.4) is 0 Å². The quantitative estimate of drug-likeness (QED) is 0.680. The summed E-state index contributed by atoms with van der Waals surface area (Å²) in [5.41, 5.74) is 6.06. The zero-order valence-electron chi connectivity index (χ0n) is 7.16. The SMILES string of the molecule is Cn1ccc(CC(=O)CCN)n1. The summed E-state index contributed by atoms with van der Waals surface area (Å²) in [4.78, 5) is 11.1. The normalized spacial score (nSPS) is 10.2. The number of nitrogens with two attached hydrogens (primary N) is 1.